The SMILES string of the molecule is CN(Cc1cn[nH]n1)C(=O)c1cccc2cncn12. The van der Waals surface area contributed by atoms with Gasteiger partial charge in [-0.25, -0.2) is 4.98 Å². The fraction of sp³-hybridized carbons (Fsp3) is 0.167. The van der Waals surface area contributed by atoms with Crippen LogP contribution in [0.4, 0.5) is 0 Å². The summed E-state index contributed by atoms with van der Waals surface area (Å²) in [7, 11) is 1.73. The molecule has 0 radical (unpaired) electrons. The monoisotopic (exact) mass is 256 g/mol. The molecule has 19 heavy (non-hydrogen) atoms. The van der Waals surface area contributed by atoms with Gasteiger partial charge in [0, 0.05) is 7.05 Å². The summed E-state index contributed by atoms with van der Waals surface area (Å²) in [5.41, 5.74) is 2.18. The van der Waals surface area contributed by atoms with E-state index in [1.807, 2.05) is 12.1 Å². The maximum absolute atomic E-state index is 12.4. The van der Waals surface area contributed by atoms with Gasteiger partial charge in [-0.1, -0.05) is 6.07 Å². The van der Waals surface area contributed by atoms with E-state index in [0.29, 0.717) is 17.9 Å². The maximum atomic E-state index is 12.4. The second-order valence-corrected chi connectivity index (χ2v) is 4.22. The minimum absolute atomic E-state index is 0.0911. The minimum atomic E-state index is -0.0911. The average molecular weight is 256 g/mol. The molecule has 0 aliphatic heterocycles. The van der Waals surface area contributed by atoms with Crippen LogP contribution >= 0.6 is 0 Å². The molecular formula is C12H12N6O. The van der Waals surface area contributed by atoms with E-state index in [9.17, 15) is 4.79 Å². The summed E-state index contributed by atoms with van der Waals surface area (Å²) >= 11 is 0. The number of fused-ring (bicyclic) bond motifs is 1. The molecule has 1 N–H and O–H groups in total. The smallest absolute Gasteiger partial charge is 0.270 e. The second kappa shape index (κ2) is 4.52. The molecular weight excluding hydrogens is 244 g/mol. The third-order valence-electron chi connectivity index (χ3n) is 2.88. The molecule has 0 spiro atoms. The normalized spacial score (nSPS) is 10.8. The van der Waals surface area contributed by atoms with Crippen LogP contribution in [0.15, 0.2) is 36.9 Å². The molecule has 0 aliphatic rings. The number of H-pyrrole nitrogens is 1. The largest absolute Gasteiger partial charge is 0.334 e. The summed E-state index contributed by atoms with van der Waals surface area (Å²) < 4.78 is 1.77. The van der Waals surface area contributed by atoms with Crippen molar-refractivity contribution in [1.29, 1.82) is 0 Å². The van der Waals surface area contributed by atoms with Gasteiger partial charge in [0.05, 0.1) is 30.8 Å². The van der Waals surface area contributed by atoms with Crippen LogP contribution in [0, 0.1) is 0 Å². The summed E-state index contributed by atoms with van der Waals surface area (Å²) in [6, 6.07) is 5.52. The van der Waals surface area contributed by atoms with Gasteiger partial charge in [0.15, 0.2) is 0 Å². The Hall–Kier alpha value is -2.70. The van der Waals surface area contributed by atoms with E-state index in [0.717, 1.165) is 5.52 Å². The number of carbonyl (C=O) groups is 1. The fourth-order valence-electron chi connectivity index (χ4n) is 1.93. The van der Waals surface area contributed by atoms with Crippen molar-refractivity contribution in [2.75, 3.05) is 7.05 Å². The molecule has 3 rings (SSSR count). The van der Waals surface area contributed by atoms with Gasteiger partial charge in [-0.15, -0.1) is 0 Å². The van der Waals surface area contributed by atoms with Gasteiger partial charge in [0.1, 0.15) is 11.4 Å². The molecule has 0 fully saturated rings. The van der Waals surface area contributed by atoms with Gasteiger partial charge < -0.3 is 4.90 Å². The first-order valence-electron chi connectivity index (χ1n) is 5.77. The molecule has 3 aromatic rings. The van der Waals surface area contributed by atoms with E-state index in [4.69, 9.17) is 0 Å². The van der Waals surface area contributed by atoms with E-state index in [1.54, 1.807) is 41.1 Å². The fourth-order valence-corrected chi connectivity index (χ4v) is 1.93. The number of pyridine rings is 1. The average Bonchev–Trinajstić information content (AvgIpc) is 3.07. The van der Waals surface area contributed by atoms with E-state index >= 15 is 0 Å². The number of hydrogen-bond acceptors (Lipinski definition) is 4. The zero-order chi connectivity index (χ0) is 13.2. The number of amides is 1. The van der Waals surface area contributed by atoms with Gasteiger partial charge in [-0.2, -0.15) is 15.4 Å². The number of imidazole rings is 1. The lowest BCUT2D eigenvalue weighted by molar-refractivity contribution is 0.0776. The van der Waals surface area contributed by atoms with Crippen molar-refractivity contribution < 1.29 is 4.79 Å². The number of nitrogens with one attached hydrogen (secondary N) is 1. The molecule has 7 nitrogen and oxygen atoms in total. The van der Waals surface area contributed by atoms with Crippen molar-refractivity contribution in [2.24, 2.45) is 0 Å². The van der Waals surface area contributed by atoms with Gasteiger partial charge >= 0.3 is 0 Å². The number of hydrogen-bond donors (Lipinski definition) is 1. The predicted octanol–water partition coefficient (Wildman–Crippen LogP) is 0.725. The molecule has 0 bridgehead atoms. The lowest BCUT2D eigenvalue weighted by atomic mass is 10.3. The van der Waals surface area contributed by atoms with Crippen molar-refractivity contribution in [1.82, 2.24) is 29.7 Å². The van der Waals surface area contributed by atoms with Crippen LogP contribution in [0.5, 0.6) is 0 Å². The number of aromatic nitrogens is 5. The Bertz CT molecular complexity index is 702. The Morgan fingerprint density at radius 1 is 1.42 bits per heavy atom. The lowest BCUT2D eigenvalue weighted by Crippen LogP contribution is -2.28. The van der Waals surface area contributed by atoms with Gasteiger partial charge in [0.2, 0.25) is 0 Å². The Morgan fingerprint density at radius 3 is 3.11 bits per heavy atom. The number of carbonyl (C=O) groups excluding carboxylic acids is 1. The molecule has 0 unspecified atom stereocenters. The Labute approximate surface area is 108 Å². The topological polar surface area (TPSA) is 79.2 Å². The molecule has 3 aromatic heterocycles. The third-order valence-corrected chi connectivity index (χ3v) is 2.88. The van der Waals surface area contributed by atoms with E-state index in [-0.39, 0.29) is 5.91 Å². The Morgan fingerprint density at radius 2 is 2.32 bits per heavy atom. The molecule has 0 atom stereocenters. The first kappa shape index (κ1) is 11.4. The second-order valence-electron chi connectivity index (χ2n) is 4.22. The number of rotatable bonds is 3. The van der Waals surface area contributed by atoms with E-state index in [2.05, 4.69) is 20.4 Å². The van der Waals surface area contributed by atoms with Crippen LogP contribution in [0.3, 0.4) is 0 Å². The Balaban J connectivity index is 1.89. The zero-order valence-corrected chi connectivity index (χ0v) is 10.3. The molecule has 0 aromatic carbocycles. The highest BCUT2D eigenvalue weighted by molar-refractivity contribution is 5.93. The van der Waals surface area contributed by atoms with Crippen molar-refractivity contribution in [3.8, 4) is 0 Å². The van der Waals surface area contributed by atoms with Crippen molar-refractivity contribution >= 4 is 11.4 Å². The van der Waals surface area contributed by atoms with Crippen LogP contribution in [0.25, 0.3) is 5.52 Å². The quantitative estimate of drug-likeness (QED) is 0.749. The standard InChI is InChI=1S/C12H12N6O/c1-17(7-9-5-14-16-15-9)12(19)11-4-2-3-10-6-13-8-18(10)11/h2-6,8H,7H2,1H3,(H,14,15,16). The molecule has 1 amide bonds. The van der Waals surface area contributed by atoms with Crippen molar-refractivity contribution in [3.05, 3.63) is 48.3 Å². The molecule has 0 saturated heterocycles. The van der Waals surface area contributed by atoms with Crippen molar-refractivity contribution in [3.63, 3.8) is 0 Å². The Kier molecular flexibility index (Phi) is 2.71. The van der Waals surface area contributed by atoms with Crippen molar-refractivity contribution in [2.45, 2.75) is 6.54 Å². The molecule has 3 heterocycles. The van der Waals surface area contributed by atoms with Gasteiger partial charge in [-0.05, 0) is 12.1 Å². The summed E-state index contributed by atoms with van der Waals surface area (Å²) in [5, 5.41) is 10.2. The minimum Gasteiger partial charge on any atom is -0.334 e. The van der Waals surface area contributed by atoms with Crippen LogP contribution in [-0.4, -0.2) is 42.7 Å². The molecule has 0 aliphatic carbocycles. The first-order valence-corrected chi connectivity index (χ1v) is 5.77. The third kappa shape index (κ3) is 2.05. The summed E-state index contributed by atoms with van der Waals surface area (Å²) in [6.07, 6.45) is 4.95. The zero-order valence-electron chi connectivity index (χ0n) is 10.3. The number of nitrogens with zero attached hydrogens (tertiary/aromatic N) is 5. The van der Waals surface area contributed by atoms with Crippen LogP contribution in [0.1, 0.15) is 16.2 Å². The van der Waals surface area contributed by atoms with Crippen LogP contribution in [-0.2, 0) is 6.54 Å². The maximum Gasteiger partial charge on any atom is 0.270 e. The lowest BCUT2D eigenvalue weighted by Gasteiger charge is -2.16. The highest BCUT2D eigenvalue weighted by Crippen LogP contribution is 2.10. The highest BCUT2D eigenvalue weighted by Gasteiger charge is 2.15. The van der Waals surface area contributed by atoms with Crippen LogP contribution < -0.4 is 0 Å². The van der Waals surface area contributed by atoms with Crippen LogP contribution in [0.2, 0.25) is 0 Å². The first-order chi connectivity index (χ1) is 9.25. The van der Waals surface area contributed by atoms with E-state index < -0.39 is 0 Å². The molecule has 0 saturated carbocycles. The number of aromatic amines is 1. The van der Waals surface area contributed by atoms with E-state index in [1.165, 1.54) is 0 Å². The summed E-state index contributed by atoms with van der Waals surface area (Å²) in [5.74, 6) is -0.0911. The van der Waals surface area contributed by atoms with Gasteiger partial charge in [0.25, 0.3) is 5.91 Å². The molecule has 7 heteroatoms. The highest BCUT2D eigenvalue weighted by atomic mass is 16.2. The van der Waals surface area contributed by atoms with Gasteiger partial charge in [-0.3, -0.25) is 9.20 Å². The summed E-state index contributed by atoms with van der Waals surface area (Å²) in [4.78, 5) is 18.0. The summed E-state index contributed by atoms with van der Waals surface area (Å²) in [6.45, 7) is 0.403. The molecule has 96 valence electrons. The predicted molar refractivity (Wildman–Crippen MR) is 67.4 cm³/mol.